The van der Waals surface area contributed by atoms with Gasteiger partial charge in [-0.1, -0.05) is 0 Å². The second-order valence-electron chi connectivity index (χ2n) is 3.13. The van der Waals surface area contributed by atoms with Crippen molar-refractivity contribution in [3.05, 3.63) is 0 Å². The Morgan fingerprint density at radius 2 is 1.69 bits per heavy atom. The lowest BCUT2D eigenvalue weighted by molar-refractivity contribution is -0.146. The van der Waals surface area contributed by atoms with E-state index < -0.39 is 36.2 Å². The van der Waals surface area contributed by atoms with Crippen LogP contribution in [0.4, 0.5) is 0 Å². The first kappa shape index (κ1) is 14.3. The molecule has 0 aliphatic heterocycles. The molecule has 0 aromatic carbocycles. The van der Waals surface area contributed by atoms with E-state index in [9.17, 15) is 19.5 Å². The van der Waals surface area contributed by atoms with Gasteiger partial charge in [0, 0.05) is 0 Å². The van der Waals surface area contributed by atoms with Crippen molar-refractivity contribution in [3.8, 4) is 0 Å². The molecule has 1 unspecified atom stereocenters. The van der Waals surface area contributed by atoms with Crippen molar-refractivity contribution in [3.63, 3.8) is 0 Å². The molecule has 90 valence electrons. The lowest BCUT2D eigenvalue weighted by Crippen LogP contribution is -2.50. The normalized spacial score (nSPS) is 13.6. The second kappa shape index (κ2) is 5.37. The van der Waals surface area contributed by atoms with Crippen LogP contribution in [-0.2, 0) is 14.4 Å². The maximum atomic E-state index is 11.2. The van der Waals surface area contributed by atoms with E-state index in [2.05, 4.69) is 12.2 Å². The number of carbonyl (C=O) groups excluding carboxylic acids is 3. The van der Waals surface area contributed by atoms with E-state index in [4.69, 9.17) is 17.2 Å². The molecule has 1 atom stereocenters. The highest BCUT2D eigenvalue weighted by Crippen LogP contribution is 2.14. The molecule has 0 heterocycles. The highest BCUT2D eigenvalue weighted by Gasteiger charge is 2.38. The van der Waals surface area contributed by atoms with Gasteiger partial charge in [0.25, 0.3) is 0 Å². The van der Waals surface area contributed by atoms with E-state index in [1.807, 2.05) is 5.32 Å². The van der Waals surface area contributed by atoms with Gasteiger partial charge in [-0.25, -0.2) is 0 Å². The van der Waals surface area contributed by atoms with Gasteiger partial charge < -0.3 is 27.6 Å². The molecule has 8 N–H and O–H groups in total. The van der Waals surface area contributed by atoms with E-state index in [-0.39, 0.29) is 5.11 Å². The Labute approximate surface area is 96.1 Å². The predicted octanol–water partition coefficient (Wildman–Crippen LogP) is -3.17. The predicted molar refractivity (Wildman–Crippen MR) is 57.5 cm³/mol. The van der Waals surface area contributed by atoms with Gasteiger partial charge in [-0.05, 0) is 12.2 Å². The van der Waals surface area contributed by atoms with Crippen LogP contribution in [0.1, 0.15) is 12.8 Å². The fraction of sp³-hybridized carbons (Fsp3) is 0.429. The van der Waals surface area contributed by atoms with Gasteiger partial charge in [-0.3, -0.25) is 14.4 Å². The molecule has 0 aromatic rings. The maximum absolute atomic E-state index is 11.2. The summed E-state index contributed by atoms with van der Waals surface area (Å²) in [6.45, 7) is 0. The second-order valence-corrected chi connectivity index (χ2v) is 3.57. The smallest absolute Gasteiger partial charge is 0.250 e. The number of carbonyl (C=O) groups is 3. The van der Waals surface area contributed by atoms with Crippen molar-refractivity contribution in [2.24, 2.45) is 17.2 Å². The third kappa shape index (κ3) is 4.66. The zero-order chi connectivity index (χ0) is 12.9. The minimum atomic E-state index is -2.33. The maximum Gasteiger partial charge on any atom is 0.250 e. The van der Waals surface area contributed by atoms with Crippen molar-refractivity contribution < 1.29 is 19.5 Å². The number of hydrogen-bond acceptors (Lipinski definition) is 5. The van der Waals surface area contributed by atoms with Crippen molar-refractivity contribution >= 4 is 35.1 Å². The van der Waals surface area contributed by atoms with Gasteiger partial charge >= 0.3 is 0 Å². The average molecular weight is 248 g/mol. The number of nitrogens with two attached hydrogens (primary N) is 3. The molecule has 0 saturated carbocycles. The zero-order valence-electron chi connectivity index (χ0n) is 8.23. The van der Waals surface area contributed by atoms with Crippen LogP contribution < -0.4 is 22.5 Å². The Hall–Kier alpha value is -1.74. The molecule has 0 saturated heterocycles. The number of aliphatic hydroxyl groups is 1. The number of thiocarbonyl (C=S) groups is 1. The number of amides is 3. The first-order valence-electron chi connectivity index (χ1n) is 4.07. The Balaban J connectivity index is 4.68. The first-order chi connectivity index (χ1) is 7.17. The summed E-state index contributed by atoms with van der Waals surface area (Å²) in [7, 11) is 0. The first-order valence-corrected chi connectivity index (χ1v) is 4.48. The quantitative estimate of drug-likeness (QED) is 0.322. The molecule has 16 heavy (non-hydrogen) atoms. The zero-order valence-corrected chi connectivity index (χ0v) is 9.04. The van der Waals surface area contributed by atoms with Gasteiger partial charge in [0.05, 0.1) is 12.8 Å². The molecule has 0 fully saturated rings. The summed E-state index contributed by atoms with van der Waals surface area (Å²) in [5, 5.41) is 11.3. The summed E-state index contributed by atoms with van der Waals surface area (Å²) >= 11 is 4.37. The van der Waals surface area contributed by atoms with E-state index in [0.29, 0.717) is 0 Å². The molecule has 8 nitrogen and oxygen atoms in total. The SMILES string of the molecule is NC(=O)CC(O)(CC(=O)NC(N)=S)C(N)=O. The van der Waals surface area contributed by atoms with Gasteiger partial charge in [0.2, 0.25) is 17.7 Å². The Morgan fingerprint density at radius 1 is 1.19 bits per heavy atom. The minimum Gasteiger partial charge on any atom is -0.379 e. The fourth-order valence-corrected chi connectivity index (χ4v) is 1.09. The highest BCUT2D eigenvalue weighted by atomic mass is 32.1. The molecule has 3 amide bonds. The summed E-state index contributed by atoms with van der Waals surface area (Å²) in [6, 6.07) is 0. The lowest BCUT2D eigenvalue weighted by Gasteiger charge is -2.22. The van der Waals surface area contributed by atoms with Crippen LogP contribution in [0.2, 0.25) is 0 Å². The minimum absolute atomic E-state index is 0.323. The summed E-state index contributed by atoms with van der Waals surface area (Å²) in [4.78, 5) is 32.7. The van der Waals surface area contributed by atoms with E-state index in [1.165, 1.54) is 0 Å². The van der Waals surface area contributed by atoms with Crippen LogP contribution in [0.25, 0.3) is 0 Å². The van der Waals surface area contributed by atoms with Crippen LogP contribution in [0.5, 0.6) is 0 Å². The third-order valence-corrected chi connectivity index (χ3v) is 1.74. The van der Waals surface area contributed by atoms with Crippen molar-refractivity contribution in [1.29, 1.82) is 0 Å². The molecule has 0 aromatic heterocycles. The number of hydrogen-bond donors (Lipinski definition) is 5. The Bertz CT molecular complexity index is 345. The largest absolute Gasteiger partial charge is 0.379 e. The van der Waals surface area contributed by atoms with E-state index in [0.717, 1.165) is 0 Å². The van der Waals surface area contributed by atoms with Crippen LogP contribution in [-0.4, -0.2) is 33.5 Å². The molecule has 9 heteroatoms. The van der Waals surface area contributed by atoms with Crippen LogP contribution in [0.3, 0.4) is 0 Å². The van der Waals surface area contributed by atoms with Crippen molar-refractivity contribution in [2.75, 3.05) is 0 Å². The molecule has 0 spiro atoms. The summed E-state index contributed by atoms with van der Waals surface area (Å²) in [6.07, 6.45) is -1.50. The van der Waals surface area contributed by atoms with Gasteiger partial charge in [-0.2, -0.15) is 0 Å². The van der Waals surface area contributed by atoms with Gasteiger partial charge in [0.1, 0.15) is 0 Å². The lowest BCUT2D eigenvalue weighted by atomic mass is 9.94. The van der Waals surface area contributed by atoms with Crippen LogP contribution in [0, 0.1) is 0 Å². The molecule has 0 radical (unpaired) electrons. The van der Waals surface area contributed by atoms with E-state index >= 15 is 0 Å². The van der Waals surface area contributed by atoms with Crippen LogP contribution in [0.15, 0.2) is 0 Å². The Kier molecular flexibility index (Phi) is 4.79. The molecular formula is C7H12N4O4S. The van der Waals surface area contributed by atoms with Crippen LogP contribution >= 0.6 is 12.2 Å². The van der Waals surface area contributed by atoms with Crippen molar-refractivity contribution in [2.45, 2.75) is 18.4 Å². The van der Waals surface area contributed by atoms with E-state index in [1.54, 1.807) is 0 Å². The Morgan fingerprint density at radius 3 is 2.00 bits per heavy atom. The van der Waals surface area contributed by atoms with Gasteiger partial charge in [-0.15, -0.1) is 0 Å². The van der Waals surface area contributed by atoms with Crippen molar-refractivity contribution in [1.82, 2.24) is 5.32 Å². The number of primary amides is 2. The number of nitrogens with one attached hydrogen (secondary N) is 1. The summed E-state index contributed by atoms with van der Waals surface area (Å²) < 4.78 is 0. The molecule has 0 aliphatic rings. The van der Waals surface area contributed by atoms with Gasteiger partial charge in [0.15, 0.2) is 10.7 Å². The molecule has 0 aliphatic carbocycles. The monoisotopic (exact) mass is 248 g/mol. The molecular weight excluding hydrogens is 236 g/mol. The topological polar surface area (TPSA) is 162 Å². The summed E-state index contributed by atoms with van der Waals surface area (Å²) in [5.74, 6) is -3.04. The molecule has 0 rings (SSSR count). The molecule has 0 bridgehead atoms. The average Bonchev–Trinajstić information content (AvgIpc) is 1.98. The third-order valence-electron chi connectivity index (χ3n) is 1.64. The number of rotatable bonds is 5. The fourth-order valence-electron chi connectivity index (χ4n) is 0.972. The highest BCUT2D eigenvalue weighted by molar-refractivity contribution is 7.80. The summed E-state index contributed by atoms with van der Waals surface area (Å²) in [5.41, 5.74) is 12.3. The standard InChI is InChI=1S/C7H12N4O4S/c8-3(12)1-7(15,5(9)14)2-4(13)11-6(10)16/h15H,1-2H2,(H2,8,12)(H2,9,14)(H3,10,11,13,16).